The van der Waals surface area contributed by atoms with Crippen LogP contribution in [-0.2, 0) is 6.42 Å². The molecule has 0 atom stereocenters. The summed E-state index contributed by atoms with van der Waals surface area (Å²) >= 11 is 0. The van der Waals surface area contributed by atoms with Crippen LogP contribution in [0.4, 0.5) is 0 Å². The van der Waals surface area contributed by atoms with Crippen LogP contribution in [0.15, 0.2) is 18.2 Å². The highest BCUT2D eigenvalue weighted by atomic mass is 16.5. The Balaban J connectivity index is 2.23. The molecule has 0 aromatic heterocycles. The minimum atomic E-state index is 0.746. The molecule has 0 saturated heterocycles. The van der Waals surface area contributed by atoms with Gasteiger partial charge in [0.15, 0.2) is 0 Å². The molecule has 0 saturated carbocycles. The monoisotopic (exact) mass is 171 g/mol. The standard InChI is InChI=1S/C12H11O/c1-2-4-10-9(3-1)5-6-12-11(10)7-8-13-12/h1,3,5-7H,2,4,8H2. The molecule has 2 aliphatic rings. The Hall–Kier alpha value is -1.24. The third-order valence-corrected chi connectivity index (χ3v) is 2.74. The van der Waals surface area contributed by atoms with Crippen molar-refractivity contribution in [3.8, 4) is 5.75 Å². The Bertz CT molecular complexity index is 377. The van der Waals surface area contributed by atoms with Crippen molar-refractivity contribution in [1.82, 2.24) is 0 Å². The van der Waals surface area contributed by atoms with Crippen LogP contribution < -0.4 is 4.74 Å². The van der Waals surface area contributed by atoms with Crippen molar-refractivity contribution in [3.63, 3.8) is 0 Å². The molecular weight excluding hydrogens is 160 g/mol. The Labute approximate surface area is 78.0 Å². The van der Waals surface area contributed by atoms with E-state index >= 15 is 0 Å². The molecular formula is C12H11O. The van der Waals surface area contributed by atoms with Crippen LogP contribution in [0.1, 0.15) is 23.1 Å². The second-order valence-electron chi connectivity index (χ2n) is 3.50. The Morgan fingerprint density at radius 2 is 2.23 bits per heavy atom. The van der Waals surface area contributed by atoms with Crippen molar-refractivity contribution in [1.29, 1.82) is 0 Å². The van der Waals surface area contributed by atoms with Gasteiger partial charge in [-0.2, -0.15) is 0 Å². The highest BCUT2D eigenvalue weighted by molar-refractivity contribution is 5.63. The van der Waals surface area contributed by atoms with Gasteiger partial charge in [0.05, 0.1) is 6.61 Å². The van der Waals surface area contributed by atoms with Gasteiger partial charge in [0.2, 0.25) is 0 Å². The number of fused-ring (bicyclic) bond motifs is 3. The molecule has 65 valence electrons. The van der Waals surface area contributed by atoms with E-state index in [4.69, 9.17) is 4.74 Å². The molecule has 1 aliphatic heterocycles. The van der Waals surface area contributed by atoms with Gasteiger partial charge in [-0.15, -0.1) is 0 Å². The molecule has 1 heteroatoms. The van der Waals surface area contributed by atoms with Crippen molar-refractivity contribution in [3.05, 3.63) is 41.3 Å². The number of ether oxygens (including phenoxy) is 1. The predicted octanol–water partition coefficient (Wildman–Crippen LogP) is 2.59. The fourth-order valence-corrected chi connectivity index (χ4v) is 2.10. The lowest BCUT2D eigenvalue weighted by Gasteiger charge is -2.13. The molecule has 1 heterocycles. The lowest BCUT2D eigenvalue weighted by molar-refractivity contribution is 0.377. The van der Waals surface area contributed by atoms with Crippen molar-refractivity contribution in [2.24, 2.45) is 0 Å². The van der Waals surface area contributed by atoms with Gasteiger partial charge < -0.3 is 4.74 Å². The first kappa shape index (κ1) is 7.19. The van der Waals surface area contributed by atoms with Gasteiger partial charge in [0.1, 0.15) is 5.75 Å². The zero-order chi connectivity index (χ0) is 8.67. The van der Waals surface area contributed by atoms with E-state index in [1.54, 1.807) is 0 Å². The molecule has 1 aromatic rings. The highest BCUT2D eigenvalue weighted by Crippen LogP contribution is 2.34. The lowest BCUT2D eigenvalue weighted by Crippen LogP contribution is -1.97. The van der Waals surface area contributed by atoms with Crippen LogP contribution in [0.5, 0.6) is 5.75 Å². The number of allylic oxidation sites excluding steroid dienone is 1. The van der Waals surface area contributed by atoms with E-state index in [0.717, 1.165) is 25.2 Å². The molecule has 1 nitrogen and oxygen atoms in total. The van der Waals surface area contributed by atoms with E-state index in [0.29, 0.717) is 0 Å². The smallest absolute Gasteiger partial charge is 0.123 e. The molecule has 3 rings (SSSR count). The van der Waals surface area contributed by atoms with E-state index in [1.165, 1.54) is 16.7 Å². The summed E-state index contributed by atoms with van der Waals surface area (Å²) in [4.78, 5) is 0. The van der Waals surface area contributed by atoms with E-state index < -0.39 is 0 Å². The van der Waals surface area contributed by atoms with Crippen LogP contribution in [-0.4, -0.2) is 6.61 Å². The van der Waals surface area contributed by atoms with E-state index in [2.05, 4.69) is 30.7 Å². The van der Waals surface area contributed by atoms with E-state index in [1.807, 2.05) is 0 Å². The van der Waals surface area contributed by atoms with Crippen LogP contribution >= 0.6 is 0 Å². The lowest BCUT2D eigenvalue weighted by atomic mass is 9.92. The minimum absolute atomic E-state index is 0.746. The quantitative estimate of drug-likeness (QED) is 0.583. The Kier molecular flexibility index (Phi) is 1.45. The van der Waals surface area contributed by atoms with Crippen LogP contribution in [0.2, 0.25) is 0 Å². The van der Waals surface area contributed by atoms with Crippen molar-refractivity contribution in [2.45, 2.75) is 12.8 Å². The average Bonchev–Trinajstić information content (AvgIpc) is 2.65. The molecule has 0 unspecified atom stereocenters. The topological polar surface area (TPSA) is 9.23 Å². The van der Waals surface area contributed by atoms with E-state index in [-0.39, 0.29) is 0 Å². The third-order valence-electron chi connectivity index (χ3n) is 2.74. The van der Waals surface area contributed by atoms with Gasteiger partial charge in [-0.1, -0.05) is 18.2 Å². The highest BCUT2D eigenvalue weighted by Gasteiger charge is 2.19. The summed E-state index contributed by atoms with van der Waals surface area (Å²) in [5.74, 6) is 1.06. The van der Waals surface area contributed by atoms with Crippen molar-refractivity contribution < 1.29 is 4.74 Å². The van der Waals surface area contributed by atoms with E-state index in [9.17, 15) is 0 Å². The summed E-state index contributed by atoms with van der Waals surface area (Å²) in [7, 11) is 0. The summed E-state index contributed by atoms with van der Waals surface area (Å²) in [6, 6.07) is 4.23. The number of rotatable bonds is 0. The van der Waals surface area contributed by atoms with Gasteiger partial charge in [0, 0.05) is 12.0 Å². The molecule has 0 amide bonds. The predicted molar refractivity (Wildman–Crippen MR) is 52.7 cm³/mol. The van der Waals surface area contributed by atoms with Crippen molar-refractivity contribution in [2.75, 3.05) is 6.61 Å². The number of benzene rings is 1. The normalized spacial score (nSPS) is 17.8. The minimum Gasteiger partial charge on any atom is -0.493 e. The largest absolute Gasteiger partial charge is 0.493 e. The maximum atomic E-state index is 5.48. The first-order valence-corrected chi connectivity index (χ1v) is 4.73. The molecule has 0 bridgehead atoms. The second kappa shape index (κ2) is 2.63. The molecule has 0 fully saturated rings. The van der Waals surface area contributed by atoms with Gasteiger partial charge in [-0.3, -0.25) is 0 Å². The van der Waals surface area contributed by atoms with Crippen LogP contribution in [0, 0.1) is 6.42 Å². The molecule has 13 heavy (non-hydrogen) atoms. The summed E-state index contributed by atoms with van der Waals surface area (Å²) in [6.07, 6.45) is 8.97. The third kappa shape index (κ3) is 0.998. The first-order valence-electron chi connectivity index (χ1n) is 4.73. The van der Waals surface area contributed by atoms with Gasteiger partial charge >= 0.3 is 0 Å². The number of hydrogen-bond donors (Lipinski definition) is 0. The fraction of sp³-hybridized carbons (Fsp3) is 0.250. The summed E-state index contributed by atoms with van der Waals surface area (Å²) in [6.45, 7) is 0.746. The summed E-state index contributed by atoms with van der Waals surface area (Å²) in [5.41, 5.74) is 4.17. The average molecular weight is 171 g/mol. The molecule has 1 radical (unpaired) electrons. The summed E-state index contributed by atoms with van der Waals surface area (Å²) in [5, 5.41) is 0. The van der Waals surface area contributed by atoms with Crippen molar-refractivity contribution >= 4 is 6.08 Å². The molecule has 0 spiro atoms. The van der Waals surface area contributed by atoms with Gasteiger partial charge in [-0.25, -0.2) is 0 Å². The first-order chi connectivity index (χ1) is 6.45. The maximum absolute atomic E-state index is 5.48. The maximum Gasteiger partial charge on any atom is 0.123 e. The van der Waals surface area contributed by atoms with Crippen LogP contribution in [0.3, 0.4) is 0 Å². The second-order valence-corrected chi connectivity index (χ2v) is 3.50. The van der Waals surface area contributed by atoms with Gasteiger partial charge in [0.25, 0.3) is 0 Å². The number of hydrogen-bond acceptors (Lipinski definition) is 1. The Morgan fingerprint density at radius 1 is 1.23 bits per heavy atom. The summed E-state index contributed by atoms with van der Waals surface area (Å²) < 4.78 is 5.48. The molecule has 1 aliphatic carbocycles. The molecule has 1 aromatic carbocycles. The van der Waals surface area contributed by atoms with Gasteiger partial charge in [-0.05, 0) is 30.0 Å². The van der Waals surface area contributed by atoms with Crippen LogP contribution in [0.25, 0.3) is 6.08 Å². The zero-order valence-corrected chi connectivity index (χ0v) is 7.42. The zero-order valence-electron chi connectivity index (χ0n) is 7.42. The Morgan fingerprint density at radius 3 is 3.23 bits per heavy atom. The molecule has 0 N–H and O–H groups in total. The fourth-order valence-electron chi connectivity index (χ4n) is 2.10. The SMILES string of the molecule is [CH]1COc2ccc3c(c21)CCC=C3.